The van der Waals surface area contributed by atoms with Crippen molar-refractivity contribution < 1.29 is 69.9 Å². The van der Waals surface area contributed by atoms with Crippen LogP contribution in [0.5, 0.6) is 0 Å². The van der Waals surface area contributed by atoms with Gasteiger partial charge in [-0.3, -0.25) is 0 Å². The zero-order valence-corrected chi connectivity index (χ0v) is 7.67. The van der Waals surface area contributed by atoms with Crippen molar-refractivity contribution in [2.75, 3.05) is 0 Å². The second kappa shape index (κ2) is 18.9. The van der Waals surface area contributed by atoms with Crippen LogP contribution >= 0.6 is 0 Å². The summed E-state index contributed by atoms with van der Waals surface area (Å²) in [4.78, 5) is 0. The molecule has 4 heavy (non-hydrogen) atoms. The van der Waals surface area contributed by atoms with Gasteiger partial charge in [0.25, 0.3) is 0 Å². The predicted octanol–water partition coefficient (Wildman–Crippen LogP) is -2.16. The molecule has 0 heterocycles. The zero-order valence-electron chi connectivity index (χ0n) is 3.15. The summed E-state index contributed by atoms with van der Waals surface area (Å²) < 4.78 is 0. The maximum absolute atomic E-state index is 3.25. The van der Waals surface area contributed by atoms with E-state index in [1.807, 2.05) is 0 Å². The second-order valence-corrected chi connectivity index (χ2v) is 0. The number of rotatable bonds is 0. The van der Waals surface area contributed by atoms with Gasteiger partial charge in [0, 0.05) is 18.6 Å². The van der Waals surface area contributed by atoms with Crippen LogP contribution < -0.4 is 51.4 Å². The van der Waals surface area contributed by atoms with Gasteiger partial charge in [0.15, 0.2) is 0 Å². The molecular weight excluding hydrogens is 114 g/mol. The van der Waals surface area contributed by atoms with Gasteiger partial charge in [-0.25, -0.2) is 0 Å². The van der Waals surface area contributed by atoms with E-state index >= 15 is 0 Å². The van der Waals surface area contributed by atoms with Crippen molar-refractivity contribution in [3.05, 3.63) is 6.92 Å². The Kier molecular flexibility index (Phi) is 77.1. The number of hydrogen-bond donors (Lipinski definition) is 0. The summed E-state index contributed by atoms with van der Waals surface area (Å²) in [6.45, 7) is 5.00. The molecule has 0 aromatic heterocycles. The normalized spacial score (nSPS) is 1.50. The van der Waals surface area contributed by atoms with Crippen LogP contribution in [0, 0.1) is 6.92 Å². The molecule has 0 fully saturated rings. The molecule has 0 aliphatic rings. The first-order chi connectivity index (χ1) is 1.00. The van der Waals surface area contributed by atoms with Crippen LogP contribution in [0.1, 0.15) is 6.92 Å². The molecule has 0 aromatic carbocycles. The fourth-order valence-corrected chi connectivity index (χ4v) is 0. The largest absolute Gasteiger partial charge is 1.00 e. The van der Waals surface area contributed by atoms with Crippen molar-refractivity contribution in [3.63, 3.8) is 0 Å². The van der Waals surface area contributed by atoms with Gasteiger partial charge in [0.05, 0.1) is 0 Å². The summed E-state index contributed by atoms with van der Waals surface area (Å²) >= 11 is 0. The van der Waals surface area contributed by atoms with E-state index in [1.165, 1.54) is 0 Å². The molecule has 0 saturated heterocycles. The summed E-state index contributed by atoms with van der Waals surface area (Å²) in [7, 11) is 0. The van der Waals surface area contributed by atoms with E-state index in [-0.39, 0.29) is 69.9 Å². The van der Waals surface area contributed by atoms with Gasteiger partial charge in [0.2, 0.25) is 0 Å². The van der Waals surface area contributed by atoms with E-state index in [2.05, 4.69) is 6.92 Å². The van der Waals surface area contributed by atoms with Crippen molar-refractivity contribution in [2.45, 2.75) is 6.92 Å². The van der Waals surface area contributed by atoms with Gasteiger partial charge in [0.1, 0.15) is 0 Å². The standard InChI is InChI=1S/C2H5.K.V/c1-2;;/h1H2,2H3;;/q-1;+1;. The van der Waals surface area contributed by atoms with Crippen LogP contribution in [0.2, 0.25) is 0 Å². The monoisotopic (exact) mass is 119 g/mol. The van der Waals surface area contributed by atoms with Crippen molar-refractivity contribution >= 4 is 0 Å². The van der Waals surface area contributed by atoms with Gasteiger partial charge in [-0.15, -0.1) is 0 Å². The molecule has 0 aromatic rings. The summed E-state index contributed by atoms with van der Waals surface area (Å²) in [5.41, 5.74) is 0. The van der Waals surface area contributed by atoms with Crippen LogP contribution in [0.25, 0.3) is 0 Å². The van der Waals surface area contributed by atoms with Crippen LogP contribution in [-0.2, 0) is 18.6 Å². The SMILES string of the molecule is [CH2-]C.[K+].[V]. The molecule has 0 atom stereocenters. The topological polar surface area (TPSA) is 0 Å². The van der Waals surface area contributed by atoms with Crippen LogP contribution in [0.3, 0.4) is 0 Å². The minimum absolute atomic E-state index is 0. The molecule has 2 heteroatoms. The summed E-state index contributed by atoms with van der Waals surface area (Å²) in [5, 5.41) is 0. The molecule has 0 nitrogen and oxygen atoms in total. The Hall–Kier alpha value is 2.22. The van der Waals surface area contributed by atoms with Gasteiger partial charge >= 0.3 is 51.4 Å². The van der Waals surface area contributed by atoms with Gasteiger partial charge in [-0.2, -0.15) is 6.92 Å². The third-order valence-corrected chi connectivity index (χ3v) is 0. The molecule has 0 bridgehead atoms. The molecule has 0 amide bonds. The Balaban J connectivity index is -0.00000000500. The average molecular weight is 119 g/mol. The molecular formula is C2H5KV. The zero-order chi connectivity index (χ0) is 2.00. The van der Waals surface area contributed by atoms with Crippen molar-refractivity contribution in [2.24, 2.45) is 0 Å². The average Bonchev–Trinajstić information content (AvgIpc) is 1.00. The van der Waals surface area contributed by atoms with E-state index in [0.717, 1.165) is 0 Å². The smallest absolute Gasteiger partial charge is 0.346 e. The molecule has 0 unspecified atom stereocenters. The summed E-state index contributed by atoms with van der Waals surface area (Å²) in [6, 6.07) is 0. The maximum Gasteiger partial charge on any atom is 1.00 e. The quantitative estimate of drug-likeness (QED) is 0.252. The van der Waals surface area contributed by atoms with E-state index in [0.29, 0.717) is 0 Å². The van der Waals surface area contributed by atoms with Gasteiger partial charge in [-0.1, -0.05) is 0 Å². The first-order valence-corrected chi connectivity index (χ1v) is 0.707. The Morgan fingerprint density at radius 2 is 1.25 bits per heavy atom. The fraction of sp³-hybridized carbons (Fsp3) is 0.500. The molecule has 0 aliphatic carbocycles. The molecule has 0 aliphatic heterocycles. The molecule has 0 saturated carbocycles. The third kappa shape index (κ3) is 8.88. The van der Waals surface area contributed by atoms with Crippen molar-refractivity contribution in [3.8, 4) is 0 Å². The second-order valence-electron chi connectivity index (χ2n) is 0. The van der Waals surface area contributed by atoms with E-state index in [1.54, 1.807) is 6.92 Å². The molecule has 0 N–H and O–H groups in total. The molecule has 0 spiro atoms. The van der Waals surface area contributed by atoms with Gasteiger partial charge < -0.3 is 6.92 Å². The molecule has 19 valence electrons. The predicted molar refractivity (Wildman–Crippen MR) is 11.0 cm³/mol. The van der Waals surface area contributed by atoms with Crippen molar-refractivity contribution in [1.29, 1.82) is 0 Å². The summed E-state index contributed by atoms with van der Waals surface area (Å²) in [5.74, 6) is 0. The Labute approximate surface area is 82.0 Å². The fourth-order valence-electron chi connectivity index (χ4n) is 0. The Morgan fingerprint density at radius 3 is 1.25 bits per heavy atom. The Morgan fingerprint density at radius 1 is 1.25 bits per heavy atom. The molecule has 0 rings (SSSR count). The first-order valence-electron chi connectivity index (χ1n) is 0.707. The van der Waals surface area contributed by atoms with E-state index < -0.39 is 0 Å². The van der Waals surface area contributed by atoms with Crippen LogP contribution in [0.15, 0.2) is 0 Å². The van der Waals surface area contributed by atoms with E-state index in [4.69, 9.17) is 0 Å². The third-order valence-electron chi connectivity index (χ3n) is 0. The molecule has 1 radical (unpaired) electrons. The minimum atomic E-state index is 0. The van der Waals surface area contributed by atoms with Crippen LogP contribution in [0.4, 0.5) is 0 Å². The minimum Gasteiger partial charge on any atom is -0.346 e. The van der Waals surface area contributed by atoms with E-state index in [9.17, 15) is 0 Å². The van der Waals surface area contributed by atoms with Crippen molar-refractivity contribution in [1.82, 2.24) is 0 Å². The van der Waals surface area contributed by atoms with Gasteiger partial charge in [-0.05, 0) is 0 Å². The summed E-state index contributed by atoms with van der Waals surface area (Å²) in [6.07, 6.45) is 0. The number of hydrogen-bond acceptors (Lipinski definition) is 0. The Bertz CT molecular complexity index is 6.00. The van der Waals surface area contributed by atoms with Crippen LogP contribution in [-0.4, -0.2) is 0 Å². The maximum atomic E-state index is 3.25. The first kappa shape index (κ1) is 16.3.